The third-order valence-corrected chi connectivity index (χ3v) is 6.98. The number of hydrogen-bond acceptors (Lipinski definition) is 9. The van der Waals surface area contributed by atoms with E-state index < -0.39 is 29.1 Å². The monoisotopic (exact) mass is 596 g/mol. The molecule has 0 atom stereocenters. The van der Waals surface area contributed by atoms with E-state index in [0.29, 0.717) is 22.2 Å². The Hall–Kier alpha value is -4.36. The van der Waals surface area contributed by atoms with Gasteiger partial charge in [-0.3, -0.25) is 14.9 Å². The van der Waals surface area contributed by atoms with E-state index in [0.717, 1.165) is 38.5 Å². The molecule has 2 aliphatic rings. The van der Waals surface area contributed by atoms with Crippen molar-refractivity contribution in [1.82, 2.24) is 29.9 Å². The zero-order valence-electron chi connectivity index (χ0n) is 25.4. The Bertz CT molecular complexity index is 1680. The maximum Gasteiger partial charge on any atom is 0.416 e. The van der Waals surface area contributed by atoms with Crippen LogP contribution in [0.15, 0.2) is 22.1 Å². The van der Waals surface area contributed by atoms with Gasteiger partial charge >= 0.3 is 17.9 Å². The summed E-state index contributed by atoms with van der Waals surface area (Å²) in [5, 5.41) is 18.1. The first-order chi connectivity index (χ1) is 20.1. The fraction of sp³-hybridized carbons (Fsp3) is 0.586. The number of ether oxygens (including phenoxy) is 2. The summed E-state index contributed by atoms with van der Waals surface area (Å²) in [6.45, 7) is 10.9. The first-order valence-corrected chi connectivity index (χ1v) is 14.6. The van der Waals surface area contributed by atoms with Gasteiger partial charge in [0.15, 0.2) is 11.1 Å². The summed E-state index contributed by atoms with van der Waals surface area (Å²) in [7, 11) is 0. The van der Waals surface area contributed by atoms with Crippen molar-refractivity contribution in [3.05, 3.63) is 39.1 Å². The van der Waals surface area contributed by atoms with E-state index in [4.69, 9.17) is 19.5 Å². The number of carbonyl (C=O) groups is 2. The standard InChI is InChI=1S/C29H40N8O6/c1-28(2,3)42-26(40)32-18-9-7-17(8-10-18)31-21-14-22(36(19-11-12-19)27(41)43-29(4,5)6)37-23(34-21)16(15-30-37)13-20-24(38)35-25(39)33-20/h13-15,17-19,38H,7-12H2,1-6H3,(H,32,40)(H2,33,35,39). The number of hydrogen-bond donors (Lipinski definition) is 4. The first kappa shape index (κ1) is 30.1. The molecule has 4 N–H and O–H groups in total. The van der Waals surface area contributed by atoms with Crippen LogP contribution in [0.3, 0.4) is 0 Å². The lowest BCUT2D eigenvalue weighted by Crippen LogP contribution is -2.41. The average Bonchev–Trinajstić information content (AvgIpc) is 3.54. The minimum Gasteiger partial charge on any atom is -0.493 e. The highest BCUT2D eigenvalue weighted by Gasteiger charge is 2.38. The van der Waals surface area contributed by atoms with Crippen LogP contribution >= 0.6 is 0 Å². The van der Waals surface area contributed by atoms with Crippen molar-refractivity contribution < 1.29 is 24.2 Å². The molecule has 3 aromatic heterocycles. The summed E-state index contributed by atoms with van der Waals surface area (Å²) in [6, 6.07) is 1.64. The predicted octanol–water partition coefficient (Wildman–Crippen LogP) is 2.64. The Balaban J connectivity index is 1.51. The second kappa shape index (κ2) is 11.4. The van der Waals surface area contributed by atoms with E-state index in [1.54, 1.807) is 27.8 Å². The zero-order chi connectivity index (χ0) is 31.1. The molecule has 0 spiro atoms. The summed E-state index contributed by atoms with van der Waals surface area (Å²) in [5.74, 6) is 0.155. The van der Waals surface area contributed by atoms with Crippen molar-refractivity contribution in [3.63, 3.8) is 0 Å². The topological polar surface area (TPSA) is 179 Å². The van der Waals surface area contributed by atoms with Gasteiger partial charge in [-0.1, -0.05) is 0 Å². The number of anilines is 1. The molecule has 3 heterocycles. The Morgan fingerprint density at radius 3 is 2.33 bits per heavy atom. The Labute approximate surface area is 248 Å². The van der Waals surface area contributed by atoms with E-state index in [-0.39, 0.29) is 29.7 Å². The van der Waals surface area contributed by atoms with Crippen LogP contribution in [0.2, 0.25) is 0 Å². The molecular weight excluding hydrogens is 556 g/mol. The molecule has 2 fully saturated rings. The number of H-pyrrole nitrogens is 2. The summed E-state index contributed by atoms with van der Waals surface area (Å²) in [5.41, 5.74) is -0.824. The van der Waals surface area contributed by atoms with Crippen LogP contribution in [0, 0.1) is 0 Å². The smallest absolute Gasteiger partial charge is 0.416 e. The molecule has 14 heteroatoms. The molecule has 0 bridgehead atoms. The summed E-state index contributed by atoms with van der Waals surface area (Å²) in [4.78, 5) is 53.5. The Kier molecular flexibility index (Phi) is 7.97. The van der Waals surface area contributed by atoms with Gasteiger partial charge < -0.3 is 24.9 Å². The van der Waals surface area contributed by atoms with Gasteiger partial charge in [-0.05, 0) is 86.1 Å². The number of rotatable bonds is 5. The van der Waals surface area contributed by atoms with Crippen LogP contribution in [-0.2, 0) is 9.47 Å². The summed E-state index contributed by atoms with van der Waals surface area (Å²) in [6.07, 6.45) is 6.77. The van der Waals surface area contributed by atoms with Crippen LogP contribution < -0.4 is 26.6 Å². The van der Waals surface area contributed by atoms with Crippen molar-refractivity contribution in [2.24, 2.45) is 4.99 Å². The van der Waals surface area contributed by atoms with Gasteiger partial charge in [0, 0.05) is 23.4 Å². The van der Waals surface area contributed by atoms with E-state index in [2.05, 4.69) is 20.4 Å². The maximum absolute atomic E-state index is 13.4. The molecule has 0 aromatic carbocycles. The number of nitrogens with one attached hydrogen (secondary N) is 3. The number of imidazole rings is 1. The minimum atomic E-state index is -0.698. The van der Waals surface area contributed by atoms with Gasteiger partial charge in [-0.25, -0.2) is 19.4 Å². The van der Waals surface area contributed by atoms with Gasteiger partial charge in [0.25, 0.3) is 0 Å². The molecule has 0 aliphatic heterocycles. The third kappa shape index (κ3) is 7.54. The van der Waals surface area contributed by atoms with Crippen molar-refractivity contribution in [1.29, 1.82) is 0 Å². The van der Waals surface area contributed by atoms with Crippen molar-refractivity contribution >= 4 is 29.7 Å². The molecule has 5 rings (SSSR count). The summed E-state index contributed by atoms with van der Waals surface area (Å²) >= 11 is 0. The second-order valence-corrected chi connectivity index (χ2v) is 13.2. The second-order valence-electron chi connectivity index (χ2n) is 13.2. The van der Waals surface area contributed by atoms with E-state index in [1.165, 1.54) is 0 Å². The SMILES string of the molecule is CC(C)(C)OC(=O)NC1CCC(N=c2cc(N(C(=O)OC(C)(C)C)C3CC3)n3ncc(=Cc4[nH]c(=O)[nH]c4O)c3n2)CC1. The number of fused-ring (bicyclic) bond motifs is 1. The molecule has 232 valence electrons. The number of alkyl carbamates (subject to hydrolysis) is 1. The average molecular weight is 597 g/mol. The molecule has 2 saturated carbocycles. The van der Waals surface area contributed by atoms with Crippen molar-refractivity contribution in [2.75, 3.05) is 4.90 Å². The fourth-order valence-corrected chi connectivity index (χ4v) is 5.02. The van der Waals surface area contributed by atoms with E-state index in [9.17, 15) is 19.5 Å². The molecule has 0 saturated heterocycles. The van der Waals surface area contributed by atoms with Crippen molar-refractivity contribution in [3.8, 4) is 5.88 Å². The molecule has 2 amide bonds. The predicted molar refractivity (Wildman–Crippen MR) is 158 cm³/mol. The molecule has 14 nitrogen and oxygen atoms in total. The zero-order valence-corrected chi connectivity index (χ0v) is 25.4. The number of aromatic hydroxyl groups is 1. The van der Waals surface area contributed by atoms with Gasteiger partial charge in [-0.15, -0.1) is 0 Å². The van der Waals surface area contributed by atoms with Crippen LogP contribution in [0.5, 0.6) is 5.88 Å². The van der Waals surface area contributed by atoms with Crippen LogP contribution in [0.1, 0.15) is 85.8 Å². The fourth-order valence-electron chi connectivity index (χ4n) is 5.02. The van der Waals surface area contributed by atoms with Gasteiger partial charge in [0.1, 0.15) is 22.7 Å². The van der Waals surface area contributed by atoms with Crippen LogP contribution in [0.25, 0.3) is 11.7 Å². The number of aromatic nitrogens is 5. The lowest BCUT2D eigenvalue weighted by Gasteiger charge is -2.28. The van der Waals surface area contributed by atoms with E-state index >= 15 is 0 Å². The Morgan fingerprint density at radius 2 is 1.74 bits per heavy atom. The highest BCUT2D eigenvalue weighted by molar-refractivity contribution is 5.88. The van der Waals surface area contributed by atoms with E-state index in [1.807, 2.05) is 41.5 Å². The normalized spacial score (nSPS) is 20.3. The molecule has 0 unspecified atom stereocenters. The van der Waals surface area contributed by atoms with Gasteiger partial charge in [-0.2, -0.15) is 9.61 Å². The molecular formula is C29H40N8O6. The molecule has 3 aromatic rings. The largest absolute Gasteiger partial charge is 0.493 e. The minimum absolute atomic E-state index is 0.00274. The van der Waals surface area contributed by atoms with Crippen molar-refractivity contribution in [2.45, 2.75) is 109 Å². The quantitative estimate of drug-likeness (QED) is 0.347. The van der Waals surface area contributed by atoms with Crippen LogP contribution in [0.4, 0.5) is 15.4 Å². The van der Waals surface area contributed by atoms with Gasteiger partial charge in [0.05, 0.1) is 12.2 Å². The summed E-state index contributed by atoms with van der Waals surface area (Å²) < 4.78 is 12.7. The molecule has 0 radical (unpaired) electrons. The lowest BCUT2D eigenvalue weighted by atomic mass is 9.91. The van der Waals surface area contributed by atoms with Gasteiger partial charge in [0.2, 0.25) is 5.88 Å². The Morgan fingerprint density at radius 1 is 1.07 bits per heavy atom. The lowest BCUT2D eigenvalue weighted by molar-refractivity contribution is 0.0489. The van der Waals surface area contributed by atoms with Crippen LogP contribution in [-0.4, -0.2) is 71.2 Å². The highest BCUT2D eigenvalue weighted by Crippen LogP contribution is 2.32. The first-order valence-electron chi connectivity index (χ1n) is 14.6. The third-order valence-electron chi connectivity index (χ3n) is 6.98. The number of amides is 2. The number of carbonyl (C=O) groups excluding carboxylic acids is 2. The molecule has 43 heavy (non-hydrogen) atoms. The number of aromatic amines is 2. The maximum atomic E-state index is 13.4. The highest BCUT2D eigenvalue weighted by atomic mass is 16.6. The number of nitrogens with zero attached hydrogens (tertiary/aromatic N) is 5. The molecule has 2 aliphatic carbocycles.